The summed E-state index contributed by atoms with van der Waals surface area (Å²) in [6.45, 7) is 8.50. The van der Waals surface area contributed by atoms with Gasteiger partial charge in [-0.3, -0.25) is 0 Å². The number of nitrogens with two attached hydrogens (primary N) is 1. The van der Waals surface area contributed by atoms with Crippen molar-refractivity contribution in [3.8, 4) is 0 Å². The van der Waals surface area contributed by atoms with E-state index in [2.05, 4.69) is 11.5 Å². The topological polar surface area (TPSA) is 29.3 Å². The van der Waals surface area contributed by atoms with Gasteiger partial charge < -0.3 is 10.6 Å². The fourth-order valence-corrected chi connectivity index (χ4v) is 2.63. The molecule has 1 rings (SSSR count). The number of allylic oxidation sites excluding steroid dienone is 1. The third kappa shape index (κ3) is 5.66. The van der Waals surface area contributed by atoms with E-state index >= 15 is 0 Å². The van der Waals surface area contributed by atoms with Crippen molar-refractivity contribution in [1.29, 1.82) is 0 Å². The van der Waals surface area contributed by atoms with Gasteiger partial charge in [-0.1, -0.05) is 12.5 Å². The van der Waals surface area contributed by atoms with Gasteiger partial charge in [-0.25, -0.2) is 0 Å². The number of rotatable bonds is 8. The van der Waals surface area contributed by atoms with Gasteiger partial charge in [0.15, 0.2) is 0 Å². The normalized spacial score (nSPS) is 22.2. The smallest absolute Gasteiger partial charge is 0.00101 e. The van der Waals surface area contributed by atoms with Crippen molar-refractivity contribution in [3.63, 3.8) is 0 Å². The van der Waals surface area contributed by atoms with Crippen LogP contribution in [0.5, 0.6) is 0 Å². The number of hydrogen-bond acceptors (Lipinski definition) is 2. The minimum atomic E-state index is 0.859. The summed E-state index contributed by atoms with van der Waals surface area (Å²) in [5, 5.41) is 0. The summed E-state index contributed by atoms with van der Waals surface area (Å²) in [5.74, 6) is 0.868. The third-order valence-corrected chi connectivity index (χ3v) is 3.56. The van der Waals surface area contributed by atoms with Gasteiger partial charge >= 0.3 is 0 Å². The Kier molecular flexibility index (Phi) is 7.52. The molecule has 1 fully saturated rings. The van der Waals surface area contributed by atoms with Crippen molar-refractivity contribution < 1.29 is 0 Å². The molecule has 16 heavy (non-hydrogen) atoms. The molecule has 0 aromatic carbocycles. The molecular formula is C14H28N2. The fraction of sp³-hybridized carbons (Fsp3) is 0.857. The fourth-order valence-electron chi connectivity index (χ4n) is 2.63. The quantitative estimate of drug-likeness (QED) is 0.507. The lowest BCUT2D eigenvalue weighted by Gasteiger charge is -2.32. The van der Waals surface area contributed by atoms with E-state index in [0.29, 0.717) is 0 Å². The van der Waals surface area contributed by atoms with Crippen LogP contribution in [0.1, 0.15) is 44.9 Å². The first-order valence-electron chi connectivity index (χ1n) is 6.90. The zero-order valence-electron chi connectivity index (χ0n) is 10.7. The summed E-state index contributed by atoms with van der Waals surface area (Å²) in [6.07, 6.45) is 11.2. The Labute approximate surface area is 101 Å². The molecule has 0 aromatic rings. The average Bonchev–Trinajstić information content (AvgIpc) is 2.30. The molecule has 0 saturated carbocycles. The predicted octanol–water partition coefficient (Wildman–Crippen LogP) is 2.79. The van der Waals surface area contributed by atoms with Gasteiger partial charge in [0.25, 0.3) is 0 Å². The summed E-state index contributed by atoms with van der Waals surface area (Å²) in [7, 11) is 0. The summed E-state index contributed by atoms with van der Waals surface area (Å²) in [4.78, 5) is 2.64. The van der Waals surface area contributed by atoms with Crippen LogP contribution >= 0.6 is 0 Å². The number of likely N-dealkylation sites (tertiary alicyclic amines) is 1. The van der Waals surface area contributed by atoms with E-state index in [-0.39, 0.29) is 0 Å². The molecule has 0 spiro atoms. The van der Waals surface area contributed by atoms with E-state index in [9.17, 15) is 0 Å². The van der Waals surface area contributed by atoms with E-state index in [1.165, 1.54) is 64.6 Å². The zero-order chi connectivity index (χ0) is 11.6. The van der Waals surface area contributed by atoms with E-state index in [4.69, 9.17) is 5.73 Å². The van der Waals surface area contributed by atoms with Gasteiger partial charge in [-0.05, 0) is 64.1 Å². The van der Waals surface area contributed by atoms with Crippen LogP contribution in [0, 0.1) is 5.92 Å². The Morgan fingerprint density at radius 1 is 1.31 bits per heavy atom. The second-order valence-electron chi connectivity index (χ2n) is 5.02. The Morgan fingerprint density at radius 2 is 2.19 bits per heavy atom. The molecule has 0 aliphatic carbocycles. The lowest BCUT2D eigenvalue weighted by molar-refractivity contribution is 0.167. The molecule has 0 bridgehead atoms. The maximum Gasteiger partial charge on any atom is 0.00101 e. The van der Waals surface area contributed by atoms with Crippen LogP contribution in [-0.4, -0.2) is 31.1 Å². The SMILES string of the molecule is C=CCCCCCN1CCCC(CCN)C1. The van der Waals surface area contributed by atoms with Crippen LogP contribution in [0.2, 0.25) is 0 Å². The van der Waals surface area contributed by atoms with E-state index in [1.54, 1.807) is 0 Å². The molecule has 0 aromatic heterocycles. The van der Waals surface area contributed by atoms with Gasteiger partial charge in [0.1, 0.15) is 0 Å². The second kappa shape index (κ2) is 8.77. The first-order valence-corrected chi connectivity index (χ1v) is 6.90. The molecule has 2 nitrogen and oxygen atoms in total. The van der Waals surface area contributed by atoms with Gasteiger partial charge in [0, 0.05) is 6.54 Å². The second-order valence-corrected chi connectivity index (χ2v) is 5.02. The largest absolute Gasteiger partial charge is 0.330 e. The lowest BCUT2D eigenvalue weighted by Crippen LogP contribution is -2.36. The number of nitrogens with zero attached hydrogens (tertiary/aromatic N) is 1. The van der Waals surface area contributed by atoms with Gasteiger partial charge in [-0.15, -0.1) is 6.58 Å². The molecule has 1 heterocycles. The summed E-state index contributed by atoms with van der Waals surface area (Å²) >= 11 is 0. The van der Waals surface area contributed by atoms with Crippen molar-refractivity contribution in [1.82, 2.24) is 4.90 Å². The predicted molar refractivity (Wildman–Crippen MR) is 71.5 cm³/mol. The number of hydrogen-bond donors (Lipinski definition) is 1. The zero-order valence-corrected chi connectivity index (χ0v) is 10.7. The highest BCUT2D eigenvalue weighted by Gasteiger charge is 2.18. The van der Waals surface area contributed by atoms with Crippen molar-refractivity contribution in [2.45, 2.75) is 44.9 Å². The maximum atomic E-state index is 5.63. The van der Waals surface area contributed by atoms with Crippen LogP contribution in [0.25, 0.3) is 0 Å². The monoisotopic (exact) mass is 224 g/mol. The number of unbranched alkanes of at least 4 members (excludes halogenated alkanes) is 3. The van der Waals surface area contributed by atoms with Gasteiger partial charge in [0.2, 0.25) is 0 Å². The summed E-state index contributed by atoms with van der Waals surface area (Å²) < 4.78 is 0. The van der Waals surface area contributed by atoms with Crippen LogP contribution in [0.3, 0.4) is 0 Å². The minimum Gasteiger partial charge on any atom is -0.330 e. The molecule has 1 aliphatic heterocycles. The first kappa shape index (κ1) is 13.7. The van der Waals surface area contributed by atoms with Crippen LogP contribution in [-0.2, 0) is 0 Å². The minimum absolute atomic E-state index is 0.859. The van der Waals surface area contributed by atoms with E-state index in [1.807, 2.05) is 6.08 Å². The van der Waals surface area contributed by atoms with Gasteiger partial charge in [-0.2, -0.15) is 0 Å². The first-order chi connectivity index (χ1) is 7.86. The van der Waals surface area contributed by atoms with Crippen LogP contribution in [0.15, 0.2) is 12.7 Å². The lowest BCUT2D eigenvalue weighted by atomic mass is 9.94. The molecule has 1 aliphatic rings. The molecule has 94 valence electrons. The Morgan fingerprint density at radius 3 is 2.94 bits per heavy atom. The highest BCUT2D eigenvalue weighted by atomic mass is 15.1. The number of piperidine rings is 1. The molecular weight excluding hydrogens is 196 g/mol. The van der Waals surface area contributed by atoms with Crippen molar-refractivity contribution in [2.24, 2.45) is 11.7 Å². The van der Waals surface area contributed by atoms with Crippen molar-refractivity contribution in [2.75, 3.05) is 26.2 Å². The standard InChI is InChI=1S/C14H28N2/c1-2-3-4-5-6-11-16-12-7-8-14(13-16)9-10-15/h2,14H,1,3-13,15H2. The van der Waals surface area contributed by atoms with Crippen molar-refractivity contribution >= 4 is 0 Å². The Hall–Kier alpha value is -0.340. The van der Waals surface area contributed by atoms with Crippen molar-refractivity contribution in [3.05, 3.63) is 12.7 Å². The molecule has 1 unspecified atom stereocenters. The highest BCUT2D eigenvalue weighted by Crippen LogP contribution is 2.19. The van der Waals surface area contributed by atoms with Crippen LogP contribution < -0.4 is 5.73 Å². The maximum absolute atomic E-state index is 5.63. The molecule has 2 heteroatoms. The molecule has 1 atom stereocenters. The Balaban J connectivity index is 2.04. The molecule has 0 radical (unpaired) electrons. The van der Waals surface area contributed by atoms with E-state index in [0.717, 1.165) is 12.5 Å². The third-order valence-electron chi connectivity index (χ3n) is 3.56. The summed E-state index contributed by atoms with van der Waals surface area (Å²) in [5.41, 5.74) is 5.63. The highest BCUT2D eigenvalue weighted by molar-refractivity contribution is 4.73. The molecule has 1 saturated heterocycles. The van der Waals surface area contributed by atoms with Crippen LogP contribution in [0.4, 0.5) is 0 Å². The van der Waals surface area contributed by atoms with Gasteiger partial charge in [0.05, 0.1) is 0 Å². The molecule has 2 N–H and O–H groups in total. The Bertz CT molecular complexity index is 178. The summed E-state index contributed by atoms with van der Waals surface area (Å²) in [6, 6.07) is 0. The average molecular weight is 224 g/mol. The molecule has 0 amide bonds. The van der Waals surface area contributed by atoms with E-state index < -0.39 is 0 Å².